The Morgan fingerprint density at radius 3 is 2.42 bits per heavy atom. The third-order valence-corrected chi connectivity index (χ3v) is 3.75. The minimum atomic E-state index is -3.38. The first-order chi connectivity index (χ1) is 8.95. The first-order valence-corrected chi connectivity index (χ1v) is 8.09. The quantitative estimate of drug-likeness (QED) is 0.822. The summed E-state index contributed by atoms with van der Waals surface area (Å²) in [6.45, 7) is 2.73. The highest BCUT2D eigenvalue weighted by atomic mass is 32.2. The number of anilines is 1. The molecule has 1 aromatic rings. The molecule has 1 amide bonds. The van der Waals surface area contributed by atoms with Crippen LogP contribution < -0.4 is 9.62 Å². The predicted molar refractivity (Wildman–Crippen MR) is 76.5 cm³/mol. The van der Waals surface area contributed by atoms with E-state index in [0.717, 1.165) is 12.7 Å². The van der Waals surface area contributed by atoms with Gasteiger partial charge in [-0.25, -0.2) is 8.42 Å². The monoisotopic (exact) mass is 284 g/mol. The van der Waals surface area contributed by atoms with E-state index in [9.17, 15) is 13.2 Å². The molecule has 0 unspecified atom stereocenters. The number of nitrogens with zero attached hydrogens (tertiary/aromatic N) is 1. The molecule has 0 fully saturated rings. The van der Waals surface area contributed by atoms with E-state index < -0.39 is 10.0 Å². The lowest BCUT2D eigenvalue weighted by Crippen LogP contribution is -2.34. The molecule has 1 rings (SSSR count). The molecular formula is C13H20N2O3S. The molecular weight excluding hydrogens is 264 g/mol. The number of hydrogen-bond acceptors (Lipinski definition) is 3. The molecule has 0 spiro atoms. The van der Waals surface area contributed by atoms with Crippen LogP contribution in [-0.2, 0) is 14.8 Å². The van der Waals surface area contributed by atoms with Crippen LogP contribution in [0.3, 0.4) is 0 Å². The van der Waals surface area contributed by atoms with Gasteiger partial charge in [0.15, 0.2) is 0 Å². The van der Waals surface area contributed by atoms with Gasteiger partial charge in [0.05, 0.1) is 11.9 Å². The van der Waals surface area contributed by atoms with Crippen LogP contribution in [0.25, 0.3) is 0 Å². The zero-order chi connectivity index (χ0) is 14.3. The molecule has 0 aliphatic carbocycles. The van der Waals surface area contributed by atoms with Gasteiger partial charge in [0.1, 0.15) is 0 Å². The zero-order valence-electron chi connectivity index (χ0n) is 11.3. The number of carbonyl (C=O) groups is 1. The lowest BCUT2D eigenvalue weighted by molar-refractivity contribution is -0.120. The average Bonchev–Trinajstić information content (AvgIpc) is 2.36. The highest BCUT2D eigenvalue weighted by Gasteiger charge is 2.17. The van der Waals surface area contributed by atoms with Crippen molar-refractivity contribution in [3.63, 3.8) is 0 Å². The van der Waals surface area contributed by atoms with Crippen LogP contribution >= 0.6 is 0 Å². The second kappa shape index (κ2) is 7.13. The summed E-state index contributed by atoms with van der Waals surface area (Å²) in [7, 11) is -3.38. The molecule has 1 aromatic carbocycles. The van der Waals surface area contributed by atoms with Gasteiger partial charge in [-0.1, -0.05) is 25.1 Å². The maximum Gasteiger partial charge on any atom is 0.232 e. The minimum absolute atomic E-state index is 0.133. The maximum atomic E-state index is 11.8. The summed E-state index contributed by atoms with van der Waals surface area (Å²) in [5.74, 6) is -0.133. The lowest BCUT2D eigenvalue weighted by Gasteiger charge is -2.22. The number of para-hydroxylation sites is 1. The van der Waals surface area contributed by atoms with Crippen molar-refractivity contribution in [2.24, 2.45) is 0 Å². The number of sulfonamides is 1. The second-order valence-corrected chi connectivity index (χ2v) is 6.18. The summed E-state index contributed by atoms with van der Waals surface area (Å²) >= 11 is 0. The van der Waals surface area contributed by atoms with Crippen molar-refractivity contribution in [2.45, 2.75) is 19.8 Å². The van der Waals surface area contributed by atoms with Gasteiger partial charge in [0, 0.05) is 19.5 Å². The Balaban J connectivity index is 2.71. The highest BCUT2D eigenvalue weighted by molar-refractivity contribution is 7.92. The Hall–Kier alpha value is -1.56. The normalized spacial score (nSPS) is 11.1. The third kappa shape index (κ3) is 5.30. The molecule has 0 heterocycles. The summed E-state index contributed by atoms with van der Waals surface area (Å²) in [5, 5.41) is 2.73. The van der Waals surface area contributed by atoms with E-state index >= 15 is 0 Å². The molecule has 6 heteroatoms. The van der Waals surface area contributed by atoms with Gasteiger partial charge in [-0.05, 0) is 18.6 Å². The van der Waals surface area contributed by atoms with Gasteiger partial charge in [-0.3, -0.25) is 9.10 Å². The van der Waals surface area contributed by atoms with Crippen LogP contribution in [0.5, 0.6) is 0 Å². The van der Waals surface area contributed by atoms with E-state index in [2.05, 4.69) is 5.32 Å². The van der Waals surface area contributed by atoms with Crippen molar-refractivity contribution in [1.82, 2.24) is 5.32 Å². The molecule has 1 N–H and O–H groups in total. The van der Waals surface area contributed by atoms with Crippen LogP contribution in [-0.4, -0.2) is 33.7 Å². The summed E-state index contributed by atoms with van der Waals surface area (Å²) in [5.41, 5.74) is 0.577. The number of hydrogen-bond donors (Lipinski definition) is 1. The van der Waals surface area contributed by atoms with Crippen molar-refractivity contribution in [1.29, 1.82) is 0 Å². The van der Waals surface area contributed by atoms with Crippen LogP contribution in [0.2, 0.25) is 0 Å². The van der Waals surface area contributed by atoms with E-state index in [1.807, 2.05) is 13.0 Å². The van der Waals surface area contributed by atoms with Gasteiger partial charge in [0.25, 0.3) is 0 Å². The Morgan fingerprint density at radius 2 is 1.89 bits per heavy atom. The van der Waals surface area contributed by atoms with Gasteiger partial charge < -0.3 is 5.32 Å². The SMILES string of the molecule is CCCNC(=O)CCN(c1ccccc1)S(C)(=O)=O. The van der Waals surface area contributed by atoms with E-state index in [0.29, 0.717) is 12.2 Å². The molecule has 0 aliphatic heterocycles. The van der Waals surface area contributed by atoms with Crippen LogP contribution in [0, 0.1) is 0 Å². The Bertz CT molecular complexity index is 500. The number of nitrogens with one attached hydrogen (secondary N) is 1. The molecule has 106 valence electrons. The summed E-state index contributed by atoms with van der Waals surface area (Å²) in [6, 6.07) is 8.78. The maximum absolute atomic E-state index is 11.8. The van der Waals surface area contributed by atoms with E-state index in [1.54, 1.807) is 24.3 Å². The molecule has 0 atom stereocenters. The molecule has 0 saturated heterocycles. The number of benzene rings is 1. The standard InChI is InChI=1S/C13H20N2O3S/c1-3-10-14-13(16)9-11-15(19(2,17)18)12-7-5-4-6-8-12/h4-8H,3,9-11H2,1-2H3,(H,14,16). The average molecular weight is 284 g/mol. The van der Waals surface area contributed by atoms with E-state index in [-0.39, 0.29) is 18.9 Å². The van der Waals surface area contributed by atoms with Gasteiger partial charge in [-0.2, -0.15) is 0 Å². The first kappa shape index (κ1) is 15.5. The Kier molecular flexibility index (Phi) is 5.82. The lowest BCUT2D eigenvalue weighted by atomic mass is 10.3. The summed E-state index contributed by atoms with van der Waals surface area (Å²) < 4.78 is 24.8. The first-order valence-electron chi connectivity index (χ1n) is 6.24. The number of carbonyl (C=O) groups excluding carboxylic acids is 1. The smallest absolute Gasteiger partial charge is 0.232 e. The summed E-state index contributed by atoms with van der Waals surface area (Å²) in [6.07, 6.45) is 2.16. The topological polar surface area (TPSA) is 66.5 Å². The van der Waals surface area contributed by atoms with Crippen molar-refractivity contribution in [2.75, 3.05) is 23.7 Å². The third-order valence-electron chi connectivity index (χ3n) is 2.56. The molecule has 0 radical (unpaired) electrons. The Morgan fingerprint density at radius 1 is 1.26 bits per heavy atom. The van der Waals surface area contributed by atoms with Crippen molar-refractivity contribution in [3.8, 4) is 0 Å². The van der Waals surface area contributed by atoms with Gasteiger partial charge >= 0.3 is 0 Å². The largest absolute Gasteiger partial charge is 0.356 e. The fourth-order valence-electron chi connectivity index (χ4n) is 1.64. The second-order valence-electron chi connectivity index (χ2n) is 4.27. The van der Waals surface area contributed by atoms with Crippen LogP contribution in [0.15, 0.2) is 30.3 Å². The van der Waals surface area contributed by atoms with Crippen molar-refractivity contribution in [3.05, 3.63) is 30.3 Å². The van der Waals surface area contributed by atoms with Crippen molar-refractivity contribution < 1.29 is 13.2 Å². The highest BCUT2D eigenvalue weighted by Crippen LogP contribution is 2.16. The fraction of sp³-hybridized carbons (Fsp3) is 0.462. The van der Waals surface area contributed by atoms with Crippen LogP contribution in [0.1, 0.15) is 19.8 Å². The molecule has 0 aliphatic rings. The van der Waals surface area contributed by atoms with Crippen LogP contribution in [0.4, 0.5) is 5.69 Å². The van der Waals surface area contributed by atoms with Gasteiger partial charge in [-0.15, -0.1) is 0 Å². The molecule has 0 bridgehead atoms. The summed E-state index contributed by atoms with van der Waals surface area (Å²) in [4.78, 5) is 11.5. The van der Waals surface area contributed by atoms with E-state index in [4.69, 9.17) is 0 Å². The number of rotatable bonds is 7. The molecule has 0 aromatic heterocycles. The fourth-order valence-corrected chi connectivity index (χ4v) is 2.56. The van der Waals surface area contributed by atoms with Gasteiger partial charge in [0.2, 0.25) is 15.9 Å². The molecule has 0 saturated carbocycles. The molecule has 5 nitrogen and oxygen atoms in total. The van der Waals surface area contributed by atoms with E-state index in [1.165, 1.54) is 4.31 Å². The predicted octanol–water partition coefficient (Wildman–Crippen LogP) is 1.37. The number of amides is 1. The minimum Gasteiger partial charge on any atom is -0.356 e. The Labute approximate surface area is 114 Å². The van der Waals surface area contributed by atoms with Crippen molar-refractivity contribution >= 4 is 21.6 Å². The zero-order valence-corrected chi connectivity index (χ0v) is 12.1. The molecule has 19 heavy (non-hydrogen) atoms.